The number of nitrogens with zero attached hydrogens (tertiary/aromatic N) is 1. The van der Waals surface area contributed by atoms with Gasteiger partial charge in [0.05, 0.1) is 6.04 Å². The monoisotopic (exact) mass is 415 g/mol. The third kappa shape index (κ3) is 4.65. The molecule has 1 saturated heterocycles. The van der Waals surface area contributed by atoms with Crippen LogP contribution in [0.5, 0.6) is 0 Å². The molecule has 0 aromatic heterocycles. The molecule has 0 bridgehead atoms. The van der Waals surface area contributed by atoms with Gasteiger partial charge in [0.25, 0.3) is 0 Å². The molecule has 1 fully saturated rings. The summed E-state index contributed by atoms with van der Waals surface area (Å²) in [5.74, 6) is 0. The van der Waals surface area contributed by atoms with E-state index in [1.165, 1.54) is 18.4 Å². The molecule has 26 heavy (non-hydrogen) atoms. The summed E-state index contributed by atoms with van der Waals surface area (Å²) in [6.07, 6.45) is 2.46. The van der Waals surface area contributed by atoms with E-state index >= 15 is 0 Å². The van der Waals surface area contributed by atoms with Crippen LogP contribution < -0.4 is 10.6 Å². The molecule has 2 aromatic carbocycles. The van der Waals surface area contributed by atoms with Crippen molar-refractivity contribution >= 4 is 27.6 Å². The zero-order valence-corrected chi connectivity index (χ0v) is 17.0. The molecule has 0 radical (unpaired) electrons. The number of benzene rings is 2. The molecule has 0 spiro atoms. The Morgan fingerprint density at radius 3 is 2.35 bits per heavy atom. The SMILES string of the molecule is Cc1cc(Br)cc(C)c1NC(=O)NCC(c1ccccc1)N1CCCC1. The van der Waals surface area contributed by atoms with Gasteiger partial charge in [-0.2, -0.15) is 0 Å². The van der Waals surface area contributed by atoms with E-state index < -0.39 is 0 Å². The van der Waals surface area contributed by atoms with Crippen molar-refractivity contribution in [2.24, 2.45) is 0 Å². The minimum atomic E-state index is -0.154. The summed E-state index contributed by atoms with van der Waals surface area (Å²) in [5, 5.41) is 6.09. The predicted octanol–water partition coefficient (Wildman–Crippen LogP) is 5.02. The van der Waals surface area contributed by atoms with Crippen LogP contribution in [0, 0.1) is 13.8 Å². The van der Waals surface area contributed by atoms with Gasteiger partial charge in [-0.15, -0.1) is 0 Å². The molecule has 4 nitrogen and oxygen atoms in total. The third-order valence-corrected chi connectivity index (χ3v) is 5.42. The third-order valence-electron chi connectivity index (χ3n) is 4.96. The highest BCUT2D eigenvalue weighted by atomic mass is 79.9. The number of urea groups is 1. The van der Waals surface area contributed by atoms with Crippen molar-refractivity contribution in [1.29, 1.82) is 0 Å². The second-order valence-electron chi connectivity index (χ2n) is 6.92. The van der Waals surface area contributed by atoms with Gasteiger partial charge in [0, 0.05) is 16.7 Å². The summed E-state index contributed by atoms with van der Waals surface area (Å²) in [6, 6.07) is 14.5. The fraction of sp³-hybridized carbons (Fsp3) is 0.381. The molecule has 3 rings (SSSR count). The molecule has 138 valence electrons. The standard InChI is InChI=1S/C21H26BrN3O/c1-15-12-18(22)13-16(2)20(15)24-21(26)23-14-19(25-10-6-7-11-25)17-8-4-3-5-9-17/h3-5,8-9,12-13,19H,6-7,10-11,14H2,1-2H3,(H2,23,24,26). The Kier molecular flexibility index (Phi) is 6.33. The normalized spacial score (nSPS) is 15.7. The van der Waals surface area contributed by atoms with Crippen molar-refractivity contribution in [1.82, 2.24) is 10.2 Å². The van der Waals surface area contributed by atoms with Crippen molar-refractivity contribution in [3.05, 3.63) is 63.6 Å². The summed E-state index contributed by atoms with van der Waals surface area (Å²) in [6.45, 7) is 6.79. The molecule has 5 heteroatoms. The number of halogens is 1. The zero-order valence-electron chi connectivity index (χ0n) is 15.4. The number of rotatable bonds is 5. The van der Waals surface area contributed by atoms with E-state index in [0.29, 0.717) is 6.54 Å². The Bertz CT molecular complexity index is 734. The number of anilines is 1. The summed E-state index contributed by atoms with van der Waals surface area (Å²) in [5.41, 5.74) is 4.23. The van der Waals surface area contributed by atoms with Gasteiger partial charge in [0.15, 0.2) is 0 Å². The molecule has 2 N–H and O–H groups in total. The van der Waals surface area contributed by atoms with Crippen LogP contribution in [0.1, 0.15) is 35.6 Å². The zero-order chi connectivity index (χ0) is 18.5. The van der Waals surface area contributed by atoms with Crippen LogP contribution >= 0.6 is 15.9 Å². The lowest BCUT2D eigenvalue weighted by Crippen LogP contribution is -2.38. The van der Waals surface area contributed by atoms with Crippen LogP contribution in [0.15, 0.2) is 46.9 Å². The lowest BCUT2D eigenvalue weighted by molar-refractivity contribution is 0.227. The van der Waals surface area contributed by atoms with E-state index in [1.54, 1.807) is 0 Å². The average molecular weight is 416 g/mol. The molecule has 1 heterocycles. The van der Waals surface area contributed by atoms with Crippen LogP contribution in [0.2, 0.25) is 0 Å². The minimum Gasteiger partial charge on any atom is -0.336 e. The Morgan fingerprint density at radius 1 is 1.12 bits per heavy atom. The van der Waals surface area contributed by atoms with Gasteiger partial charge in [-0.1, -0.05) is 46.3 Å². The van der Waals surface area contributed by atoms with Crippen LogP contribution in [0.25, 0.3) is 0 Å². The number of carbonyl (C=O) groups excluding carboxylic acids is 1. The van der Waals surface area contributed by atoms with E-state index in [-0.39, 0.29) is 12.1 Å². The number of hydrogen-bond donors (Lipinski definition) is 2. The lowest BCUT2D eigenvalue weighted by Gasteiger charge is -2.28. The lowest BCUT2D eigenvalue weighted by atomic mass is 10.1. The van der Waals surface area contributed by atoms with Crippen molar-refractivity contribution in [3.8, 4) is 0 Å². The highest BCUT2D eigenvalue weighted by molar-refractivity contribution is 9.10. The molecular weight excluding hydrogens is 390 g/mol. The Hall–Kier alpha value is -1.85. The Labute approximate surface area is 164 Å². The van der Waals surface area contributed by atoms with Gasteiger partial charge in [-0.3, -0.25) is 4.90 Å². The number of likely N-dealkylation sites (tertiary alicyclic amines) is 1. The predicted molar refractivity (Wildman–Crippen MR) is 111 cm³/mol. The van der Waals surface area contributed by atoms with E-state index in [9.17, 15) is 4.79 Å². The second kappa shape index (κ2) is 8.69. The maximum atomic E-state index is 12.5. The second-order valence-corrected chi connectivity index (χ2v) is 7.83. The smallest absolute Gasteiger partial charge is 0.319 e. The average Bonchev–Trinajstić information content (AvgIpc) is 3.13. The summed E-state index contributed by atoms with van der Waals surface area (Å²) in [7, 11) is 0. The molecule has 0 saturated carbocycles. The minimum absolute atomic E-state index is 0.154. The molecule has 2 aromatic rings. The molecule has 2 amide bonds. The first-order chi connectivity index (χ1) is 12.5. The van der Waals surface area contributed by atoms with E-state index in [1.807, 2.05) is 32.0 Å². The number of carbonyl (C=O) groups is 1. The summed E-state index contributed by atoms with van der Waals surface area (Å²) in [4.78, 5) is 15.0. The van der Waals surface area contributed by atoms with Gasteiger partial charge in [0.1, 0.15) is 0 Å². The highest BCUT2D eigenvalue weighted by Gasteiger charge is 2.23. The van der Waals surface area contributed by atoms with E-state index in [4.69, 9.17) is 0 Å². The summed E-state index contributed by atoms with van der Waals surface area (Å²) < 4.78 is 1.02. The van der Waals surface area contributed by atoms with Crippen LogP contribution in [-0.2, 0) is 0 Å². The van der Waals surface area contributed by atoms with Gasteiger partial charge in [0.2, 0.25) is 0 Å². The van der Waals surface area contributed by atoms with Gasteiger partial charge in [-0.25, -0.2) is 4.79 Å². The van der Waals surface area contributed by atoms with Crippen LogP contribution in [0.4, 0.5) is 10.5 Å². The Morgan fingerprint density at radius 2 is 1.73 bits per heavy atom. The number of nitrogens with one attached hydrogen (secondary N) is 2. The number of hydrogen-bond acceptors (Lipinski definition) is 2. The Balaban J connectivity index is 1.66. The fourth-order valence-electron chi connectivity index (χ4n) is 3.64. The van der Waals surface area contributed by atoms with Gasteiger partial charge >= 0.3 is 6.03 Å². The largest absolute Gasteiger partial charge is 0.336 e. The molecule has 1 atom stereocenters. The number of amides is 2. The highest BCUT2D eigenvalue weighted by Crippen LogP contribution is 2.26. The van der Waals surface area contributed by atoms with E-state index in [2.05, 4.69) is 55.7 Å². The molecule has 1 aliphatic rings. The topological polar surface area (TPSA) is 44.4 Å². The molecule has 0 aliphatic carbocycles. The van der Waals surface area contributed by atoms with Crippen molar-refractivity contribution < 1.29 is 4.79 Å². The molecular formula is C21H26BrN3O. The molecule has 1 aliphatic heterocycles. The van der Waals surface area contributed by atoms with Crippen LogP contribution in [-0.4, -0.2) is 30.6 Å². The number of aryl methyl sites for hydroxylation is 2. The summed E-state index contributed by atoms with van der Waals surface area (Å²) >= 11 is 3.49. The quantitative estimate of drug-likeness (QED) is 0.719. The van der Waals surface area contributed by atoms with Gasteiger partial charge < -0.3 is 10.6 Å². The van der Waals surface area contributed by atoms with Crippen LogP contribution in [0.3, 0.4) is 0 Å². The first-order valence-corrected chi connectivity index (χ1v) is 9.94. The fourth-order valence-corrected chi connectivity index (χ4v) is 4.33. The van der Waals surface area contributed by atoms with Crippen molar-refractivity contribution in [2.45, 2.75) is 32.7 Å². The first kappa shape index (κ1) is 18.9. The molecule has 1 unspecified atom stereocenters. The maximum Gasteiger partial charge on any atom is 0.319 e. The van der Waals surface area contributed by atoms with Crippen molar-refractivity contribution in [3.63, 3.8) is 0 Å². The maximum absolute atomic E-state index is 12.5. The van der Waals surface area contributed by atoms with E-state index in [0.717, 1.165) is 34.4 Å². The first-order valence-electron chi connectivity index (χ1n) is 9.15. The van der Waals surface area contributed by atoms with Crippen molar-refractivity contribution in [2.75, 3.05) is 25.0 Å². The van der Waals surface area contributed by atoms with Gasteiger partial charge in [-0.05, 0) is 68.6 Å².